The van der Waals surface area contributed by atoms with Crippen LogP contribution in [0.1, 0.15) is 28.4 Å². The number of non-ortho nitro benzene ring substituents is 1. The summed E-state index contributed by atoms with van der Waals surface area (Å²) in [5.74, 6) is -0.715. The number of nitro benzene ring substituents is 1. The first-order valence-electron chi connectivity index (χ1n) is 11.2. The van der Waals surface area contributed by atoms with Crippen molar-refractivity contribution in [2.75, 3.05) is 19.0 Å². The van der Waals surface area contributed by atoms with Gasteiger partial charge in [-0.1, -0.05) is 23.7 Å². The van der Waals surface area contributed by atoms with Gasteiger partial charge in [0.2, 0.25) is 0 Å². The average Bonchev–Trinajstić information content (AvgIpc) is 2.91. The van der Waals surface area contributed by atoms with Gasteiger partial charge in [-0.15, -0.1) is 0 Å². The molecule has 0 unspecified atom stereocenters. The number of hydrogen-bond acceptors (Lipinski definition) is 8. The summed E-state index contributed by atoms with van der Waals surface area (Å²) < 4.78 is 16.1. The van der Waals surface area contributed by atoms with E-state index in [1.165, 1.54) is 61.7 Å². The Morgan fingerprint density at radius 3 is 2.53 bits per heavy atom. The summed E-state index contributed by atoms with van der Waals surface area (Å²) in [5, 5.41) is 23.3. The highest BCUT2D eigenvalue weighted by Gasteiger charge is 2.16. The molecule has 0 aliphatic rings. The summed E-state index contributed by atoms with van der Waals surface area (Å²) in [6.07, 6.45) is 1.33. The maximum atomic E-state index is 12.7. The standard InChI is InChI=1S/C27H22ClN3O7/c1-3-37-27(33)19-7-9-21(10-8-19)30-26(32)20(15-29)11-18-13-23(28)25(24(14-18)36-2)38-16-17-5-4-6-22(12-17)31(34)35/h4-14H,3,16H2,1-2H3,(H,30,32)/b20-11+. The number of nitrogens with zero attached hydrogens (tertiary/aromatic N) is 2. The minimum Gasteiger partial charge on any atom is -0.493 e. The first-order valence-corrected chi connectivity index (χ1v) is 11.6. The summed E-state index contributed by atoms with van der Waals surface area (Å²) >= 11 is 6.40. The van der Waals surface area contributed by atoms with E-state index in [0.717, 1.165) is 0 Å². The number of halogens is 1. The number of methoxy groups -OCH3 is 1. The number of nitro groups is 1. The molecule has 3 rings (SSSR count). The monoisotopic (exact) mass is 535 g/mol. The largest absolute Gasteiger partial charge is 0.493 e. The van der Waals surface area contributed by atoms with Gasteiger partial charge in [-0.25, -0.2) is 4.79 Å². The summed E-state index contributed by atoms with van der Waals surface area (Å²) in [7, 11) is 1.40. The molecule has 10 nitrogen and oxygen atoms in total. The van der Waals surface area contributed by atoms with Crippen LogP contribution in [0.4, 0.5) is 11.4 Å². The molecule has 0 aliphatic heterocycles. The lowest BCUT2D eigenvalue weighted by Gasteiger charge is -2.13. The molecule has 194 valence electrons. The molecule has 1 amide bonds. The van der Waals surface area contributed by atoms with Crippen molar-refractivity contribution in [3.8, 4) is 17.6 Å². The van der Waals surface area contributed by atoms with Gasteiger partial charge in [-0.2, -0.15) is 5.26 Å². The maximum absolute atomic E-state index is 12.7. The van der Waals surface area contributed by atoms with E-state index in [4.69, 9.17) is 25.8 Å². The molecule has 1 N–H and O–H groups in total. The summed E-state index contributed by atoms with van der Waals surface area (Å²) in [6.45, 7) is 1.94. The molecule has 0 aliphatic carbocycles. The van der Waals surface area contributed by atoms with Crippen molar-refractivity contribution in [3.05, 3.63) is 98.1 Å². The van der Waals surface area contributed by atoms with Gasteiger partial charge in [-0.3, -0.25) is 14.9 Å². The van der Waals surface area contributed by atoms with Gasteiger partial charge in [0.05, 0.1) is 29.2 Å². The second-order valence-electron chi connectivity index (χ2n) is 7.67. The van der Waals surface area contributed by atoms with Crippen molar-refractivity contribution in [2.45, 2.75) is 13.5 Å². The number of nitriles is 1. The Labute approximate surface area is 223 Å². The van der Waals surface area contributed by atoms with Crippen LogP contribution in [0.2, 0.25) is 5.02 Å². The number of rotatable bonds is 10. The Morgan fingerprint density at radius 2 is 1.89 bits per heavy atom. The number of carbonyl (C=O) groups is 2. The fourth-order valence-corrected chi connectivity index (χ4v) is 3.57. The molecule has 3 aromatic rings. The van der Waals surface area contributed by atoms with Crippen molar-refractivity contribution in [3.63, 3.8) is 0 Å². The highest BCUT2D eigenvalue weighted by Crippen LogP contribution is 2.37. The van der Waals surface area contributed by atoms with E-state index in [-0.39, 0.29) is 41.0 Å². The third-order valence-corrected chi connectivity index (χ3v) is 5.37. The van der Waals surface area contributed by atoms with Crippen LogP contribution in [0, 0.1) is 21.4 Å². The predicted molar refractivity (Wildman–Crippen MR) is 140 cm³/mol. The van der Waals surface area contributed by atoms with Crippen LogP contribution in [-0.2, 0) is 16.1 Å². The number of hydrogen-bond donors (Lipinski definition) is 1. The Bertz CT molecular complexity index is 1430. The normalized spacial score (nSPS) is 10.7. The lowest BCUT2D eigenvalue weighted by atomic mass is 10.1. The molecule has 0 heterocycles. The first-order chi connectivity index (χ1) is 18.2. The van der Waals surface area contributed by atoms with Gasteiger partial charge in [0.25, 0.3) is 11.6 Å². The third-order valence-electron chi connectivity index (χ3n) is 5.09. The minimum absolute atomic E-state index is 0.00620. The van der Waals surface area contributed by atoms with Gasteiger partial charge in [0.15, 0.2) is 11.5 Å². The Balaban J connectivity index is 1.76. The van der Waals surface area contributed by atoms with Gasteiger partial charge < -0.3 is 19.5 Å². The molecule has 0 saturated heterocycles. The molecule has 0 aromatic heterocycles. The minimum atomic E-state index is -0.669. The van der Waals surface area contributed by atoms with Gasteiger partial charge in [0, 0.05) is 17.8 Å². The van der Waals surface area contributed by atoms with Crippen molar-refractivity contribution >= 4 is 40.9 Å². The van der Waals surface area contributed by atoms with E-state index in [0.29, 0.717) is 22.4 Å². The Kier molecular flexibility index (Phi) is 9.40. The smallest absolute Gasteiger partial charge is 0.338 e. The van der Waals surface area contributed by atoms with E-state index in [1.54, 1.807) is 19.1 Å². The van der Waals surface area contributed by atoms with Crippen molar-refractivity contribution < 1.29 is 28.7 Å². The molecule has 0 fully saturated rings. The van der Waals surface area contributed by atoms with E-state index in [1.807, 2.05) is 6.07 Å². The molecule has 0 saturated carbocycles. The van der Waals surface area contributed by atoms with Crippen molar-refractivity contribution in [1.82, 2.24) is 0 Å². The Hall–Kier alpha value is -4.88. The Morgan fingerprint density at radius 1 is 1.16 bits per heavy atom. The lowest BCUT2D eigenvalue weighted by molar-refractivity contribution is -0.384. The summed E-state index contributed by atoms with van der Waals surface area (Å²) in [4.78, 5) is 34.9. The fourth-order valence-electron chi connectivity index (χ4n) is 3.30. The summed E-state index contributed by atoms with van der Waals surface area (Å²) in [6, 6.07) is 16.9. The van der Waals surface area contributed by atoms with Crippen LogP contribution < -0.4 is 14.8 Å². The van der Waals surface area contributed by atoms with Gasteiger partial charge in [-0.05, 0) is 60.5 Å². The number of amides is 1. The number of nitrogens with one attached hydrogen (secondary N) is 1. The van der Waals surface area contributed by atoms with E-state index in [2.05, 4.69) is 5.32 Å². The molecule has 38 heavy (non-hydrogen) atoms. The summed E-state index contributed by atoms with van der Waals surface area (Å²) in [5.41, 5.74) is 1.39. The topological polar surface area (TPSA) is 141 Å². The molecule has 0 spiro atoms. The number of ether oxygens (including phenoxy) is 3. The zero-order valence-corrected chi connectivity index (χ0v) is 21.2. The number of benzene rings is 3. The molecule has 3 aromatic carbocycles. The third kappa shape index (κ3) is 7.09. The quantitative estimate of drug-likeness (QED) is 0.117. The van der Waals surface area contributed by atoms with Crippen LogP contribution in [-0.4, -0.2) is 30.5 Å². The maximum Gasteiger partial charge on any atom is 0.338 e. The molecular formula is C27H22ClN3O7. The molecule has 11 heteroatoms. The highest BCUT2D eigenvalue weighted by atomic mass is 35.5. The molecule has 0 bridgehead atoms. The van der Waals surface area contributed by atoms with Crippen LogP contribution in [0.5, 0.6) is 11.5 Å². The number of anilines is 1. The molecule has 0 atom stereocenters. The van der Waals surface area contributed by atoms with Crippen LogP contribution in [0.15, 0.2) is 66.2 Å². The van der Waals surface area contributed by atoms with Gasteiger partial charge in [0.1, 0.15) is 18.2 Å². The van der Waals surface area contributed by atoms with E-state index < -0.39 is 16.8 Å². The predicted octanol–water partition coefficient (Wildman–Crippen LogP) is 5.56. The van der Waals surface area contributed by atoms with Crippen molar-refractivity contribution in [1.29, 1.82) is 5.26 Å². The van der Waals surface area contributed by atoms with Crippen molar-refractivity contribution in [2.24, 2.45) is 0 Å². The number of esters is 1. The zero-order valence-electron chi connectivity index (χ0n) is 20.4. The van der Waals surface area contributed by atoms with E-state index in [9.17, 15) is 25.0 Å². The fraction of sp³-hybridized carbons (Fsp3) is 0.148. The molecule has 0 radical (unpaired) electrons. The average molecular weight is 536 g/mol. The van der Waals surface area contributed by atoms with E-state index >= 15 is 0 Å². The zero-order chi connectivity index (χ0) is 27.7. The first kappa shape index (κ1) is 27.7. The second-order valence-corrected chi connectivity index (χ2v) is 8.08. The lowest BCUT2D eigenvalue weighted by Crippen LogP contribution is -2.13. The SMILES string of the molecule is CCOC(=O)c1ccc(NC(=O)/C(C#N)=C/c2cc(Cl)c(OCc3cccc([N+](=O)[O-])c3)c(OC)c2)cc1. The highest BCUT2D eigenvalue weighted by molar-refractivity contribution is 6.32. The van der Waals surface area contributed by atoms with Crippen LogP contribution in [0.25, 0.3) is 6.08 Å². The second kappa shape index (κ2) is 12.9. The molecular weight excluding hydrogens is 514 g/mol. The van der Waals surface area contributed by atoms with Crippen LogP contribution >= 0.6 is 11.6 Å². The van der Waals surface area contributed by atoms with Gasteiger partial charge >= 0.3 is 5.97 Å². The number of carbonyl (C=O) groups excluding carboxylic acids is 2. The van der Waals surface area contributed by atoms with Crippen LogP contribution in [0.3, 0.4) is 0 Å².